The van der Waals surface area contributed by atoms with Gasteiger partial charge in [-0.25, -0.2) is 4.79 Å². The Bertz CT molecular complexity index is 744. The monoisotopic (exact) mass is 341 g/mol. The number of carbonyl (C=O) groups is 2. The summed E-state index contributed by atoms with van der Waals surface area (Å²) in [6.45, 7) is 4.86. The van der Waals surface area contributed by atoms with Crippen LogP contribution in [0.15, 0.2) is 42.7 Å². The first-order valence-electron chi connectivity index (χ1n) is 8.18. The van der Waals surface area contributed by atoms with Crippen LogP contribution in [0.1, 0.15) is 41.0 Å². The van der Waals surface area contributed by atoms with E-state index in [2.05, 4.69) is 29.5 Å². The van der Waals surface area contributed by atoms with E-state index in [-0.39, 0.29) is 5.91 Å². The maximum Gasteiger partial charge on any atom is 0.337 e. The molecule has 0 aliphatic heterocycles. The van der Waals surface area contributed by atoms with Crippen LogP contribution in [0.2, 0.25) is 0 Å². The fourth-order valence-electron chi connectivity index (χ4n) is 2.22. The molecule has 0 aliphatic rings. The van der Waals surface area contributed by atoms with E-state index in [1.165, 1.54) is 13.3 Å². The zero-order valence-corrected chi connectivity index (χ0v) is 14.7. The summed E-state index contributed by atoms with van der Waals surface area (Å²) >= 11 is 0. The molecule has 0 atom stereocenters. The van der Waals surface area contributed by atoms with Gasteiger partial charge in [-0.3, -0.25) is 9.78 Å². The Morgan fingerprint density at radius 1 is 1.12 bits per heavy atom. The van der Waals surface area contributed by atoms with Crippen molar-refractivity contribution < 1.29 is 14.3 Å². The van der Waals surface area contributed by atoms with Crippen LogP contribution in [0.4, 0.5) is 11.4 Å². The number of carbonyl (C=O) groups excluding carboxylic acids is 2. The van der Waals surface area contributed by atoms with Crippen LogP contribution in [-0.2, 0) is 4.74 Å². The van der Waals surface area contributed by atoms with Crippen molar-refractivity contribution in [3.05, 3.63) is 53.9 Å². The lowest BCUT2D eigenvalue weighted by Crippen LogP contribution is -2.25. The minimum atomic E-state index is -0.403. The summed E-state index contributed by atoms with van der Waals surface area (Å²) in [5, 5.41) is 6.03. The lowest BCUT2D eigenvalue weighted by molar-refractivity contribution is 0.0600. The van der Waals surface area contributed by atoms with Gasteiger partial charge in [-0.1, -0.05) is 19.9 Å². The molecule has 6 heteroatoms. The van der Waals surface area contributed by atoms with Crippen molar-refractivity contribution in [1.29, 1.82) is 0 Å². The molecular weight excluding hydrogens is 318 g/mol. The van der Waals surface area contributed by atoms with E-state index in [1.54, 1.807) is 30.5 Å². The van der Waals surface area contributed by atoms with Gasteiger partial charge in [0.1, 0.15) is 0 Å². The summed E-state index contributed by atoms with van der Waals surface area (Å²) in [6, 6.07) is 8.66. The molecule has 2 rings (SSSR count). The molecule has 25 heavy (non-hydrogen) atoms. The summed E-state index contributed by atoms with van der Waals surface area (Å²) in [7, 11) is 1.34. The number of nitrogens with one attached hydrogen (secondary N) is 2. The molecule has 6 nitrogen and oxygen atoms in total. The highest BCUT2D eigenvalue weighted by atomic mass is 16.5. The molecule has 1 aromatic carbocycles. The smallest absolute Gasteiger partial charge is 0.337 e. The number of nitrogens with zero attached hydrogens (tertiary/aromatic N) is 1. The van der Waals surface area contributed by atoms with Gasteiger partial charge in [-0.15, -0.1) is 0 Å². The Labute approximate surface area is 147 Å². The molecule has 2 aromatic rings. The average Bonchev–Trinajstić information content (AvgIpc) is 2.61. The molecule has 0 spiro atoms. The van der Waals surface area contributed by atoms with Crippen LogP contribution in [0.3, 0.4) is 0 Å². The summed E-state index contributed by atoms with van der Waals surface area (Å²) in [4.78, 5) is 27.9. The SMILES string of the molecule is COC(=O)c1cccc(Nc2cncc(C(=O)NCCC(C)C)c2)c1. The molecule has 0 bridgehead atoms. The van der Waals surface area contributed by atoms with E-state index in [1.807, 2.05) is 6.07 Å². The van der Waals surface area contributed by atoms with Crippen molar-refractivity contribution in [3.8, 4) is 0 Å². The van der Waals surface area contributed by atoms with Crippen molar-refractivity contribution in [2.24, 2.45) is 5.92 Å². The molecule has 0 saturated heterocycles. The summed E-state index contributed by atoms with van der Waals surface area (Å²) < 4.78 is 4.71. The van der Waals surface area contributed by atoms with E-state index >= 15 is 0 Å². The molecule has 0 unspecified atom stereocenters. The van der Waals surface area contributed by atoms with E-state index in [9.17, 15) is 9.59 Å². The van der Waals surface area contributed by atoms with Crippen molar-refractivity contribution >= 4 is 23.3 Å². The molecule has 1 heterocycles. The van der Waals surface area contributed by atoms with Gasteiger partial charge in [0.05, 0.1) is 30.1 Å². The highest BCUT2D eigenvalue weighted by Crippen LogP contribution is 2.18. The van der Waals surface area contributed by atoms with Crippen molar-refractivity contribution in [2.45, 2.75) is 20.3 Å². The lowest BCUT2D eigenvalue weighted by Gasteiger charge is -2.10. The molecule has 1 aromatic heterocycles. The van der Waals surface area contributed by atoms with Gasteiger partial charge in [-0.05, 0) is 36.6 Å². The number of ether oxygens (including phenoxy) is 1. The van der Waals surface area contributed by atoms with Crippen molar-refractivity contribution in [1.82, 2.24) is 10.3 Å². The van der Waals surface area contributed by atoms with Crippen LogP contribution < -0.4 is 10.6 Å². The predicted octanol–water partition coefficient (Wildman–Crippen LogP) is 3.39. The Hall–Kier alpha value is -2.89. The standard InChI is InChI=1S/C19H23N3O3/c1-13(2)7-8-21-18(23)15-10-17(12-20-11-15)22-16-6-4-5-14(9-16)19(24)25-3/h4-6,9-13,22H,7-8H2,1-3H3,(H,21,23). The van der Waals surface area contributed by atoms with E-state index in [0.29, 0.717) is 35.0 Å². The molecule has 0 radical (unpaired) electrons. The van der Waals surface area contributed by atoms with E-state index in [4.69, 9.17) is 4.74 Å². The molecule has 0 fully saturated rings. The number of hydrogen-bond donors (Lipinski definition) is 2. The number of esters is 1. The van der Waals surface area contributed by atoms with Crippen LogP contribution in [0.5, 0.6) is 0 Å². The zero-order valence-electron chi connectivity index (χ0n) is 14.7. The minimum Gasteiger partial charge on any atom is -0.465 e. The first-order chi connectivity index (χ1) is 12.0. The van der Waals surface area contributed by atoms with Crippen LogP contribution in [0.25, 0.3) is 0 Å². The number of pyridine rings is 1. The fourth-order valence-corrected chi connectivity index (χ4v) is 2.22. The Balaban J connectivity index is 2.06. The fraction of sp³-hybridized carbons (Fsp3) is 0.316. The van der Waals surface area contributed by atoms with Gasteiger partial charge in [0.2, 0.25) is 0 Å². The van der Waals surface area contributed by atoms with E-state index in [0.717, 1.165) is 6.42 Å². The Morgan fingerprint density at radius 3 is 2.60 bits per heavy atom. The van der Waals surface area contributed by atoms with Crippen LogP contribution in [0, 0.1) is 5.92 Å². The molecule has 132 valence electrons. The third-order valence-corrected chi connectivity index (χ3v) is 3.58. The summed E-state index contributed by atoms with van der Waals surface area (Å²) in [5.74, 6) is -0.0197. The summed E-state index contributed by atoms with van der Waals surface area (Å²) in [6.07, 6.45) is 4.08. The molecule has 0 aliphatic carbocycles. The van der Waals surface area contributed by atoms with E-state index < -0.39 is 5.97 Å². The maximum absolute atomic E-state index is 12.2. The molecule has 0 saturated carbocycles. The van der Waals surface area contributed by atoms with Crippen LogP contribution in [-0.4, -0.2) is 30.5 Å². The minimum absolute atomic E-state index is 0.153. The van der Waals surface area contributed by atoms with Crippen molar-refractivity contribution in [3.63, 3.8) is 0 Å². The number of rotatable bonds is 7. The van der Waals surface area contributed by atoms with Crippen LogP contribution >= 0.6 is 0 Å². The van der Waals surface area contributed by atoms with Gasteiger partial charge >= 0.3 is 5.97 Å². The Kier molecular flexibility index (Phi) is 6.51. The number of anilines is 2. The summed E-state index contributed by atoms with van der Waals surface area (Å²) in [5.41, 5.74) is 2.31. The topological polar surface area (TPSA) is 80.3 Å². The highest BCUT2D eigenvalue weighted by Gasteiger charge is 2.09. The average molecular weight is 341 g/mol. The second-order valence-corrected chi connectivity index (χ2v) is 6.10. The second-order valence-electron chi connectivity index (χ2n) is 6.10. The molecule has 1 amide bonds. The largest absolute Gasteiger partial charge is 0.465 e. The molecular formula is C19H23N3O3. The van der Waals surface area contributed by atoms with Gasteiger partial charge in [0.15, 0.2) is 0 Å². The number of hydrogen-bond acceptors (Lipinski definition) is 5. The zero-order chi connectivity index (χ0) is 18.2. The first-order valence-corrected chi connectivity index (χ1v) is 8.18. The van der Waals surface area contributed by atoms with Gasteiger partial charge in [0, 0.05) is 18.4 Å². The van der Waals surface area contributed by atoms with Gasteiger partial charge < -0.3 is 15.4 Å². The normalized spacial score (nSPS) is 10.4. The third kappa shape index (κ3) is 5.60. The Morgan fingerprint density at radius 2 is 1.88 bits per heavy atom. The highest BCUT2D eigenvalue weighted by molar-refractivity contribution is 5.95. The maximum atomic E-state index is 12.2. The van der Waals surface area contributed by atoms with Gasteiger partial charge in [0.25, 0.3) is 5.91 Å². The predicted molar refractivity (Wildman–Crippen MR) is 97.1 cm³/mol. The number of benzene rings is 1. The van der Waals surface area contributed by atoms with Crippen molar-refractivity contribution in [2.75, 3.05) is 19.0 Å². The number of aromatic nitrogens is 1. The van der Waals surface area contributed by atoms with Gasteiger partial charge in [-0.2, -0.15) is 0 Å². The quantitative estimate of drug-likeness (QED) is 0.755. The first kappa shape index (κ1) is 18.4. The number of methoxy groups -OCH3 is 1. The third-order valence-electron chi connectivity index (χ3n) is 3.58. The lowest BCUT2D eigenvalue weighted by atomic mass is 10.1. The second kappa shape index (κ2) is 8.82. The number of amides is 1. The molecule has 2 N–H and O–H groups in total.